The lowest BCUT2D eigenvalue weighted by Gasteiger charge is -2.26. The molecule has 0 atom stereocenters. The van der Waals surface area contributed by atoms with Gasteiger partial charge < -0.3 is 14.6 Å². The minimum absolute atomic E-state index is 0. The molecule has 1 fully saturated rings. The Bertz CT molecular complexity index is 404. The molecule has 1 aliphatic rings. The number of piperazine rings is 1. The van der Waals surface area contributed by atoms with Gasteiger partial charge in [0.2, 0.25) is 17.5 Å². The molecule has 1 aliphatic heterocycles. The van der Waals surface area contributed by atoms with Gasteiger partial charge in [-0.05, 0) is 0 Å². The van der Waals surface area contributed by atoms with Crippen LogP contribution in [0.5, 0.6) is 0 Å². The standard InChI is InChI=1S/C11H16N4O.ClH/c1-8(2)10-14-9(7-12)11(16-10)15-5-3-13-4-6-15;/h8,13H,3-6H2,1-2H3;1H. The molecule has 1 N–H and O–H groups in total. The van der Waals surface area contributed by atoms with Crippen LogP contribution in [-0.4, -0.2) is 31.2 Å². The van der Waals surface area contributed by atoms with Crippen LogP contribution in [-0.2, 0) is 0 Å². The predicted molar refractivity (Wildman–Crippen MR) is 67.6 cm³/mol. The first-order valence-corrected chi connectivity index (χ1v) is 5.59. The summed E-state index contributed by atoms with van der Waals surface area (Å²) < 4.78 is 5.67. The molecule has 5 nitrogen and oxygen atoms in total. The number of nitriles is 1. The van der Waals surface area contributed by atoms with Crippen LogP contribution in [0, 0.1) is 11.3 Å². The monoisotopic (exact) mass is 256 g/mol. The van der Waals surface area contributed by atoms with E-state index in [0.717, 1.165) is 26.2 Å². The Hall–Kier alpha value is -1.25. The van der Waals surface area contributed by atoms with Crippen LogP contribution in [0.1, 0.15) is 31.4 Å². The van der Waals surface area contributed by atoms with Crippen molar-refractivity contribution in [2.24, 2.45) is 0 Å². The maximum absolute atomic E-state index is 9.03. The number of halogens is 1. The van der Waals surface area contributed by atoms with Crippen molar-refractivity contribution in [1.29, 1.82) is 5.26 Å². The van der Waals surface area contributed by atoms with Crippen molar-refractivity contribution in [2.75, 3.05) is 31.1 Å². The van der Waals surface area contributed by atoms with Gasteiger partial charge in [-0.1, -0.05) is 13.8 Å². The van der Waals surface area contributed by atoms with Crippen molar-refractivity contribution in [3.05, 3.63) is 11.6 Å². The fraction of sp³-hybridized carbons (Fsp3) is 0.636. The van der Waals surface area contributed by atoms with Gasteiger partial charge in [0.25, 0.3) is 0 Å². The number of aromatic nitrogens is 1. The highest BCUT2D eigenvalue weighted by Crippen LogP contribution is 2.25. The van der Waals surface area contributed by atoms with Gasteiger partial charge in [0.15, 0.2) is 0 Å². The summed E-state index contributed by atoms with van der Waals surface area (Å²) in [4.78, 5) is 6.29. The van der Waals surface area contributed by atoms with E-state index in [1.54, 1.807) is 0 Å². The van der Waals surface area contributed by atoms with E-state index in [4.69, 9.17) is 9.68 Å². The summed E-state index contributed by atoms with van der Waals surface area (Å²) in [5.74, 6) is 1.49. The van der Waals surface area contributed by atoms with Crippen molar-refractivity contribution >= 4 is 18.3 Å². The number of oxazole rings is 1. The van der Waals surface area contributed by atoms with Crippen molar-refractivity contribution in [2.45, 2.75) is 19.8 Å². The molecule has 0 aromatic carbocycles. The summed E-state index contributed by atoms with van der Waals surface area (Å²) in [7, 11) is 0. The molecular weight excluding hydrogens is 240 g/mol. The Morgan fingerprint density at radius 1 is 1.41 bits per heavy atom. The lowest BCUT2D eigenvalue weighted by Crippen LogP contribution is -2.43. The SMILES string of the molecule is CC(C)c1nc(C#N)c(N2CCNCC2)o1.Cl. The van der Waals surface area contributed by atoms with Gasteiger partial charge >= 0.3 is 0 Å². The predicted octanol–water partition coefficient (Wildman–Crippen LogP) is 1.50. The second kappa shape index (κ2) is 5.89. The summed E-state index contributed by atoms with van der Waals surface area (Å²) in [5, 5.41) is 12.3. The number of nitrogens with zero attached hydrogens (tertiary/aromatic N) is 3. The Morgan fingerprint density at radius 3 is 2.59 bits per heavy atom. The molecule has 1 aromatic heterocycles. The van der Waals surface area contributed by atoms with E-state index >= 15 is 0 Å². The highest BCUT2D eigenvalue weighted by Gasteiger charge is 2.21. The number of nitrogens with one attached hydrogen (secondary N) is 1. The highest BCUT2D eigenvalue weighted by atomic mass is 35.5. The van der Waals surface area contributed by atoms with E-state index < -0.39 is 0 Å². The zero-order valence-electron chi connectivity index (χ0n) is 10.1. The fourth-order valence-corrected chi connectivity index (χ4v) is 1.73. The van der Waals surface area contributed by atoms with E-state index in [1.807, 2.05) is 13.8 Å². The van der Waals surface area contributed by atoms with E-state index in [9.17, 15) is 0 Å². The smallest absolute Gasteiger partial charge is 0.234 e. The molecule has 6 heteroatoms. The fourth-order valence-electron chi connectivity index (χ4n) is 1.73. The Kier molecular flexibility index (Phi) is 4.79. The van der Waals surface area contributed by atoms with Gasteiger partial charge in [0, 0.05) is 32.1 Å². The third kappa shape index (κ3) is 2.90. The van der Waals surface area contributed by atoms with Gasteiger partial charge in [-0.15, -0.1) is 12.4 Å². The minimum atomic E-state index is 0. The van der Waals surface area contributed by atoms with Crippen molar-refractivity contribution in [1.82, 2.24) is 10.3 Å². The highest BCUT2D eigenvalue weighted by molar-refractivity contribution is 5.85. The molecule has 0 radical (unpaired) electrons. The van der Waals surface area contributed by atoms with Crippen LogP contribution in [0.4, 0.5) is 5.88 Å². The normalized spacial score (nSPS) is 15.5. The van der Waals surface area contributed by atoms with Crippen molar-refractivity contribution < 1.29 is 4.42 Å². The first kappa shape index (κ1) is 13.8. The number of anilines is 1. The zero-order chi connectivity index (χ0) is 11.5. The summed E-state index contributed by atoms with van der Waals surface area (Å²) in [5.41, 5.74) is 0.408. The molecule has 0 aliphatic carbocycles. The van der Waals surface area contributed by atoms with Crippen molar-refractivity contribution in [3.63, 3.8) is 0 Å². The maximum Gasteiger partial charge on any atom is 0.234 e. The summed E-state index contributed by atoms with van der Waals surface area (Å²) in [6.07, 6.45) is 0. The average molecular weight is 257 g/mol. The molecule has 0 unspecified atom stereocenters. The quantitative estimate of drug-likeness (QED) is 0.869. The van der Waals surface area contributed by atoms with Gasteiger partial charge in [-0.25, -0.2) is 4.98 Å². The molecule has 1 aromatic rings. The van der Waals surface area contributed by atoms with Crippen LogP contribution < -0.4 is 10.2 Å². The van der Waals surface area contributed by atoms with Gasteiger partial charge in [0.05, 0.1) is 0 Å². The first-order chi connectivity index (χ1) is 7.72. The maximum atomic E-state index is 9.03. The Labute approximate surface area is 107 Å². The molecule has 1 saturated heterocycles. The summed E-state index contributed by atoms with van der Waals surface area (Å²) >= 11 is 0. The van der Waals surface area contributed by atoms with Crippen molar-refractivity contribution in [3.8, 4) is 6.07 Å². The van der Waals surface area contributed by atoms with Crippen LogP contribution >= 0.6 is 12.4 Å². The zero-order valence-corrected chi connectivity index (χ0v) is 10.9. The molecule has 0 spiro atoms. The lowest BCUT2D eigenvalue weighted by molar-refractivity contribution is 0.451. The molecule has 2 rings (SSSR count). The topological polar surface area (TPSA) is 65.1 Å². The van der Waals surface area contributed by atoms with Crippen LogP contribution in [0.3, 0.4) is 0 Å². The minimum Gasteiger partial charge on any atom is -0.423 e. The van der Waals surface area contributed by atoms with Crippen LogP contribution in [0.2, 0.25) is 0 Å². The van der Waals surface area contributed by atoms with Gasteiger partial charge in [0.1, 0.15) is 6.07 Å². The van der Waals surface area contributed by atoms with Crippen LogP contribution in [0.25, 0.3) is 0 Å². The van der Waals surface area contributed by atoms with E-state index in [1.165, 1.54) is 0 Å². The van der Waals surface area contributed by atoms with Gasteiger partial charge in [-0.2, -0.15) is 5.26 Å². The number of rotatable bonds is 2. The van der Waals surface area contributed by atoms with E-state index in [2.05, 4.69) is 21.3 Å². The lowest BCUT2D eigenvalue weighted by atomic mass is 10.2. The third-order valence-electron chi connectivity index (χ3n) is 2.63. The second-order valence-corrected chi connectivity index (χ2v) is 4.21. The number of hydrogen-bond donors (Lipinski definition) is 1. The molecule has 2 heterocycles. The summed E-state index contributed by atoms with van der Waals surface area (Å²) in [6.45, 7) is 7.58. The largest absolute Gasteiger partial charge is 0.423 e. The van der Waals surface area contributed by atoms with E-state index in [0.29, 0.717) is 17.5 Å². The third-order valence-corrected chi connectivity index (χ3v) is 2.63. The number of hydrogen-bond acceptors (Lipinski definition) is 5. The summed E-state index contributed by atoms with van der Waals surface area (Å²) in [6, 6.07) is 2.10. The Balaban J connectivity index is 0.00000144. The second-order valence-electron chi connectivity index (χ2n) is 4.21. The molecule has 94 valence electrons. The average Bonchev–Trinajstić information content (AvgIpc) is 2.74. The van der Waals surface area contributed by atoms with E-state index in [-0.39, 0.29) is 18.3 Å². The first-order valence-electron chi connectivity index (χ1n) is 5.59. The molecule has 0 bridgehead atoms. The van der Waals surface area contributed by atoms with Crippen LogP contribution in [0.15, 0.2) is 4.42 Å². The van der Waals surface area contributed by atoms with Gasteiger partial charge in [-0.3, -0.25) is 0 Å². The Morgan fingerprint density at radius 2 is 2.06 bits per heavy atom. The molecule has 0 saturated carbocycles. The molecule has 17 heavy (non-hydrogen) atoms. The molecule has 0 amide bonds. The molecular formula is C11H17ClN4O.